The van der Waals surface area contributed by atoms with Gasteiger partial charge in [-0.3, -0.25) is 9.59 Å². The molecule has 0 aromatic heterocycles. The van der Waals surface area contributed by atoms with Crippen molar-refractivity contribution in [2.45, 2.75) is 51.9 Å². The average Bonchev–Trinajstić information content (AvgIpc) is 2.64. The van der Waals surface area contributed by atoms with Crippen molar-refractivity contribution >= 4 is 23.2 Å². The monoisotopic (exact) mass is 355 g/mol. The highest BCUT2D eigenvalue weighted by Crippen LogP contribution is 2.25. The second kappa shape index (κ2) is 9.08. The van der Waals surface area contributed by atoms with Crippen molar-refractivity contribution in [3.63, 3.8) is 0 Å². The molecule has 26 heavy (non-hydrogen) atoms. The molecule has 5 heteroatoms. The molecule has 0 bridgehead atoms. The molecule has 0 radical (unpaired) electrons. The highest BCUT2D eigenvalue weighted by Gasteiger charge is 2.24. The van der Waals surface area contributed by atoms with Gasteiger partial charge in [0.2, 0.25) is 5.91 Å². The number of hydrogen-bond acceptors (Lipinski definition) is 3. The van der Waals surface area contributed by atoms with E-state index in [1.807, 2.05) is 0 Å². The summed E-state index contributed by atoms with van der Waals surface area (Å²) in [6, 6.07) is 6.97. The summed E-state index contributed by atoms with van der Waals surface area (Å²) in [4.78, 5) is 30.7. The Morgan fingerprint density at radius 1 is 1.08 bits per heavy atom. The number of likely N-dealkylation sites (tertiary alicyclic amines) is 1. The van der Waals surface area contributed by atoms with Crippen LogP contribution in [0.25, 0.3) is 0 Å². The fraction of sp³-hybridized carbons (Fsp3) is 0.571. The zero-order valence-corrected chi connectivity index (χ0v) is 15.7. The predicted octanol–water partition coefficient (Wildman–Crippen LogP) is 3.90. The standard InChI is InChI=1S/C21H29N3O2/c1-16(25)22-19-11-9-17(10-12-19)21(26)23-20-8-4-3-7-18(20)15-24-13-5-2-6-14-24/h9-12,18H,2-8,13-15H2,1H3,(H,22,25)/t18-/m0/s1. The fourth-order valence-electron chi connectivity index (χ4n) is 3.96. The molecule has 3 rings (SSSR count). The summed E-state index contributed by atoms with van der Waals surface area (Å²) in [6.45, 7) is 4.88. The molecule has 1 aromatic carbocycles. The number of carbonyl (C=O) groups excluding carboxylic acids is 2. The lowest BCUT2D eigenvalue weighted by molar-refractivity contribution is -0.114. The molecule has 1 aromatic rings. The van der Waals surface area contributed by atoms with Gasteiger partial charge in [-0.25, -0.2) is 4.99 Å². The van der Waals surface area contributed by atoms with Gasteiger partial charge in [0.05, 0.1) is 0 Å². The van der Waals surface area contributed by atoms with Crippen LogP contribution in [0, 0.1) is 5.92 Å². The lowest BCUT2D eigenvalue weighted by atomic mass is 9.86. The SMILES string of the molecule is CC(=O)Nc1ccc(C(=O)N=C2CCCC[C@H]2CN2CCCCC2)cc1. The van der Waals surface area contributed by atoms with Gasteiger partial charge in [-0.2, -0.15) is 0 Å². The van der Waals surface area contributed by atoms with E-state index < -0.39 is 0 Å². The van der Waals surface area contributed by atoms with E-state index >= 15 is 0 Å². The molecule has 5 nitrogen and oxygen atoms in total. The smallest absolute Gasteiger partial charge is 0.276 e. The van der Waals surface area contributed by atoms with Crippen molar-refractivity contribution in [3.8, 4) is 0 Å². The summed E-state index contributed by atoms with van der Waals surface area (Å²) in [5.74, 6) is 0.136. The number of piperidine rings is 1. The zero-order valence-electron chi connectivity index (χ0n) is 15.7. The van der Waals surface area contributed by atoms with E-state index in [2.05, 4.69) is 15.2 Å². The van der Waals surface area contributed by atoms with Gasteiger partial charge in [0, 0.05) is 36.3 Å². The van der Waals surface area contributed by atoms with E-state index in [9.17, 15) is 9.59 Å². The van der Waals surface area contributed by atoms with E-state index in [1.165, 1.54) is 45.7 Å². The third-order valence-corrected chi connectivity index (χ3v) is 5.33. The fourth-order valence-corrected chi connectivity index (χ4v) is 3.96. The van der Waals surface area contributed by atoms with Gasteiger partial charge in [0.25, 0.3) is 5.91 Å². The molecular formula is C21H29N3O2. The van der Waals surface area contributed by atoms with Crippen LogP contribution in [0.15, 0.2) is 29.3 Å². The first kappa shape index (κ1) is 18.8. The summed E-state index contributed by atoms with van der Waals surface area (Å²) in [6.07, 6.45) is 8.37. The topological polar surface area (TPSA) is 61.8 Å². The van der Waals surface area contributed by atoms with Gasteiger partial charge < -0.3 is 10.2 Å². The Kier molecular flexibility index (Phi) is 6.56. The van der Waals surface area contributed by atoms with Gasteiger partial charge in [0.15, 0.2) is 0 Å². The second-order valence-corrected chi connectivity index (χ2v) is 7.47. The average molecular weight is 355 g/mol. The van der Waals surface area contributed by atoms with Crippen molar-refractivity contribution in [2.75, 3.05) is 25.0 Å². The Morgan fingerprint density at radius 3 is 2.50 bits per heavy atom. The van der Waals surface area contributed by atoms with Crippen LogP contribution in [0.5, 0.6) is 0 Å². The van der Waals surface area contributed by atoms with Gasteiger partial charge in [-0.1, -0.05) is 12.8 Å². The summed E-state index contributed by atoms with van der Waals surface area (Å²) >= 11 is 0. The molecule has 1 heterocycles. The van der Waals surface area contributed by atoms with E-state index in [4.69, 9.17) is 0 Å². The predicted molar refractivity (Wildman–Crippen MR) is 105 cm³/mol. The van der Waals surface area contributed by atoms with Crippen molar-refractivity contribution in [2.24, 2.45) is 10.9 Å². The van der Waals surface area contributed by atoms with Crippen LogP contribution in [0.2, 0.25) is 0 Å². The number of anilines is 1. The lowest BCUT2D eigenvalue weighted by Crippen LogP contribution is -2.38. The molecule has 0 unspecified atom stereocenters. The van der Waals surface area contributed by atoms with Crippen LogP contribution in [-0.4, -0.2) is 42.1 Å². The largest absolute Gasteiger partial charge is 0.326 e. The van der Waals surface area contributed by atoms with E-state index in [0.717, 1.165) is 31.5 Å². The van der Waals surface area contributed by atoms with Crippen LogP contribution in [0.1, 0.15) is 62.2 Å². The number of nitrogens with one attached hydrogen (secondary N) is 1. The zero-order chi connectivity index (χ0) is 18.4. The summed E-state index contributed by atoms with van der Waals surface area (Å²) in [7, 11) is 0. The molecule has 2 fully saturated rings. The molecule has 1 atom stereocenters. The number of carbonyl (C=O) groups is 2. The summed E-state index contributed by atoms with van der Waals surface area (Å²) in [5.41, 5.74) is 2.36. The van der Waals surface area contributed by atoms with Gasteiger partial charge >= 0.3 is 0 Å². The molecule has 1 saturated carbocycles. The maximum absolute atomic E-state index is 12.6. The minimum atomic E-state index is -0.167. The Bertz CT molecular complexity index is 660. The van der Waals surface area contributed by atoms with Crippen molar-refractivity contribution in [3.05, 3.63) is 29.8 Å². The number of hydrogen-bond donors (Lipinski definition) is 1. The molecular weight excluding hydrogens is 326 g/mol. The Balaban J connectivity index is 1.66. The van der Waals surface area contributed by atoms with E-state index in [0.29, 0.717) is 17.2 Å². The first-order chi connectivity index (χ1) is 12.6. The molecule has 0 spiro atoms. The van der Waals surface area contributed by atoms with Crippen LogP contribution >= 0.6 is 0 Å². The summed E-state index contributed by atoms with van der Waals surface area (Å²) in [5, 5.41) is 2.71. The molecule has 1 aliphatic heterocycles. The van der Waals surface area contributed by atoms with Gasteiger partial charge in [0.1, 0.15) is 0 Å². The van der Waals surface area contributed by atoms with E-state index in [-0.39, 0.29) is 11.8 Å². The number of benzene rings is 1. The minimum absolute atomic E-state index is 0.118. The Labute approximate surface area is 155 Å². The third-order valence-electron chi connectivity index (χ3n) is 5.33. The Morgan fingerprint density at radius 2 is 1.81 bits per heavy atom. The Hall–Kier alpha value is -2.01. The van der Waals surface area contributed by atoms with Crippen LogP contribution < -0.4 is 5.32 Å². The summed E-state index contributed by atoms with van der Waals surface area (Å²) < 4.78 is 0. The third kappa shape index (κ3) is 5.24. The lowest BCUT2D eigenvalue weighted by Gasteiger charge is -2.32. The number of nitrogens with zero attached hydrogens (tertiary/aromatic N) is 2. The van der Waals surface area contributed by atoms with Crippen LogP contribution in [0.4, 0.5) is 5.69 Å². The molecule has 1 N–H and O–H groups in total. The molecule has 140 valence electrons. The molecule has 2 amide bonds. The number of aliphatic imine (C=N–C) groups is 1. The van der Waals surface area contributed by atoms with Crippen molar-refractivity contribution < 1.29 is 9.59 Å². The van der Waals surface area contributed by atoms with Gasteiger partial charge in [-0.15, -0.1) is 0 Å². The van der Waals surface area contributed by atoms with Crippen molar-refractivity contribution in [1.29, 1.82) is 0 Å². The maximum Gasteiger partial charge on any atom is 0.276 e. The molecule has 1 aliphatic carbocycles. The highest BCUT2D eigenvalue weighted by atomic mass is 16.2. The number of amides is 2. The minimum Gasteiger partial charge on any atom is -0.326 e. The van der Waals surface area contributed by atoms with Gasteiger partial charge in [-0.05, 0) is 69.5 Å². The number of rotatable bonds is 4. The first-order valence-corrected chi connectivity index (χ1v) is 9.83. The first-order valence-electron chi connectivity index (χ1n) is 9.83. The quantitative estimate of drug-likeness (QED) is 0.891. The van der Waals surface area contributed by atoms with Crippen LogP contribution in [0.3, 0.4) is 0 Å². The normalized spacial score (nSPS) is 23.0. The molecule has 2 aliphatic rings. The maximum atomic E-state index is 12.6. The van der Waals surface area contributed by atoms with Crippen LogP contribution in [-0.2, 0) is 4.79 Å². The second-order valence-electron chi connectivity index (χ2n) is 7.47. The highest BCUT2D eigenvalue weighted by molar-refractivity contribution is 6.05. The van der Waals surface area contributed by atoms with Crippen molar-refractivity contribution in [1.82, 2.24) is 4.90 Å². The molecule has 1 saturated heterocycles. The van der Waals surface area contributed by atoms with E-state index in [1.54, 1.807) is 24.3 Å².